The molecule has 0 saturated carbocycles. The van der Waals surface area contributed by atoms with E-state index in [4.69, 9.17) is 5.73 Å². The minimum atomic E-state index is 0.715. The molecule has 0 aliphatic heterocycles. The first-order valence-electron chi connectivity index (χ1n) is 5.58. The number of aromatic nitrogens is 2. The third kappa shape index (κ3) is 2.12. The number of fused-ring (bicyclic) bond motifs is 1. The Balaban J connectivity index is 1.92. The summed E-state index contributed by atoms with van der Waals surface area (Å²) < 4.78 is 0. The molecular weight excluding hydrogens is 244 g/mol. The molecule has 0 spiro atoms. The number of hydrogen-bond acceptors (Lipinski definition) is 5. The molecule has 2 heterocycles. The van der Waals surface area contributed by atoms with Crippen molar-refractivity contribution in [1.82, 2.24) is 9.97 Å². The van der Waals surface area contributed by atoms with Crippen LogP contribution in [0.25, 0.3) is 10.9 Å². The number of nitrogens with zero attached hydrogens (tertiary/aromatic N) is 2. The molecule has 0 unspecified atom stereocenters. The molecule has 4 nitrogen and oxygen atoms in total. The van der Waals surface area contributed by atoms with E-state index in [1.165, 1.54) is 0 Å². The zero-order valence-electron chi connectivity index (χ0n) is 9.63. The van der Waals surface area contributed by atoms with Crippen molar-refractivity contribution in [3.8, 4) is 0 Å². The minimum Gasteiger partial charge on any atom is -0.399 e. The summed E-state index contributed by atoms with van der Waals surface area (Å²) in [7, 11) is 0. The van der Waals surface area contributed by atoms with Crippen molar-refractivity contribution in [2.45, 2.75) is 6.54 Å². The Morgan fingerprint density at radius 2 is 2.17 bits per heavy atom. The maximum atomic E-state index is 5.76. The average Bonchev–Trinajstić information content (AvgIpc) is 2.89. The Labute approximate surface area is 109 Å². The number of pyridine rings is 1. The van der Waals surface area contributed by atoms with E-state index >= 15 is 0 Å². The van der Waals surface area contributed by atoms with Gasteiger partial charge in [0.05, 0.1) is 23.3 Å². The van der Waals surface area contributed by atoms with Gasteiger partial charge < -0.3 is 11.1 Å². The van der Waals surface area contributed by atoms with Crippen molar-refractivity contribution in [3.63, 3.8) is 0 Å². The maximum absolute atomic E-state index is 5.76. The Hall–Kier alpha value is -2.14. The number of thiazole rings is 1. The van der Waals surface area contributed by atoms with E-state index in [1.54, 1.807) is 17.5 Å². The molecule has 3 N–H and O–H groups in total. The van der Waals surface area contributed by atoms with Gasteiger partial charge >= 0.3 is 0 Å². The Morgan fingerprint density at radius 1 is 1.22 bits per heavy atom. The molecule has 5 heteroatoms. The lowest BCUT2D eigenvalue weighted by molar-refractivity contribution is 1.08. The highest BCUT2D eigenvalue weighted by Gasteiger charge is 2.02. The lowest BCUT2D eigenvalue weighted by Crippen LogP contribution is -2.00. The largest absolute Gasteiger partial charge is 0.399 e. The van der Waals surface area contributed by atoms with Gasteiger partial charge in [-0.05, 0) is 24.3 Å². The van der Waals surface area contributed by atoms with Crippen LogP contribution in [0, 0.1) is 0 Å². The van der Waals surface area contributed by atoms with Crippen LogP contribution < -0.4 is 11.1 Å². The van der Waals surface area contributed by atoms with Crippen LogP contribution in [-0.2, 0) is 6.54 Å². The van der Waals surface area contributed by atoms with Crippen LogP contribution in [0.3, 0.4) is 0 Å². The molecule has 0 saturated heterocycles. The molecule has 0 aliphatic rings. The number of anilines is 2. The molecule has 1 aromatic carbocycles. The highest BCUT2D eigenvalue weighted by atomic mass is 32.1. The van der Waals surface area contributed by atoms with Crippen LogP contribution in [0.5, 0.6) is 0 Å². The molecule has 90 valence electrons. The van der Waals surface area contributed by atoms with Crippen LogP contribution in [0.1, 0.15) is 5.69 Å². The fourth-order valence-corrected chi connectivity index (χ4v) is 2.39. The second kappa shape index (κ2) is 4.62. The highest BCUT2D eigenvalue weighted by Crippen LogP contribution is 2.23. The summed E-state index contributed by atoms with van der Waals surface area (Å²) in [5.41, 5.74) is 11.3. The van der Waals surface area contributed by atoms with E-state index in [0.29, 0.717) is 6.54 Å². The van der Waals surface area contributed by atoms with Crippen LogP contribution in [0.15, 0.2) is 41.4 Å². The molecule has 0 atom stereocenters. The topological polar surface area (TPSA) is 63.8 Å². The van der Waals surface area contributed by atoms with Crippen molar-refractivity contribution in [1.29, 1.82) is 0 Å². The summed E-state index contributed by atoms with van der Waals surface area (Å²) in [6.07, 6.45) is 1.78. The molecular formula is C13H12N4S. The lowest BCUT2D eigenvalue weighted by Gasteiger charge is -2.08. The first-order chi connectivity index (χ1) is 8.83. The van der Waals surface area contributed by atoms with Gasteiger partial charge in [0.1, 0.15) is 0 Å². The smallest absolute Gasteiger partial charge is 0.0795 e. The van der Waals surface area contributed by atoms with Gasteiger partial charge in [0.25, 0.3) is 0 Å². The van der Waals surface area contributed by atoms with Crippen molar-refractivity contribution in [2.75, 3.05) is 11.1 Å². The van der Waals surface area contributed by atoms with Crippen LogP contribution in [0.4, 0.5) is 11.4 Å². The second-order valence-electron chi connectivity index (χ2n) is 3.97. The lowest BCUT2D eigenvalue weighted by atomic mass is 10.1. The predicted octanol–water partition coefficient (Wildman–Crippen LogP) is 2.89. The first-order valence-corrected chi connectivity index (χ1v) is 6.52. The molecule has 0 radical (unpaired) electrons. The van der Waals surface area contributed by atoms with E-state index in [0.717, 1.165) is 28.0 Å². The summed E-state index contributed by atoms with van der Waals surface area (Å²) in [4.78, 5) is 8.56. The monoisotopic (exact) mass is 256 g/mol. The number of hydrogen-bond donors (Lipinski definition) is 2. The third-order valence-corrected chi connectivity index (χ3v) is 3.35. The molecule has 2 aromatic heterocycles. The quantitative estimate of drug-likeness (QED) is 0.707. The van der Waals surface area contributed by atoms with Gasteiger partial charge in [-0.25, -0.2) is 4.98 Å². The van der Waals surface area contributed by atoms with Gasteiger partial charge in [-0.15, -0.1) is 11.3 Å². The van der Waals surface area contributed by atoms with E-state index in [2.05, 4.69) is 15.3 Å². The molecule has 3 rings (SSSR count). The van der Waals surface area contributed by atoms with Crippen LogP contribution in [-0.4, -0.2) is 9.97 Å². The molecule has 0 bridgehead atoms. The zero-order chi connectivity index (χ0) is 12.4. The van der Waals surface area contributed by atoms with Gasteiger partial charge in [-0.1, -0.05) is 0 Å². The minimum absolute atomic E-state index is 0.715. The van der Waals surface area contributed by atoms with E-state index < -0.39 is 0 Å². The number of rotatable bonds is 3. The number of nitrogens with one attached hydrogen (secondary N) is 1. The van der Waals surface area contributed by atoms with Crippen LogP contribution >= 0.6 is 11.3 Å². The fraction of sp³-hybridized carbons (Fsp3) is 0.0769. The summed E-state index contributed by atoms with van der Waals surface area (Å²) in [6.45, 7) is 0.715. The highest BCUT2D eigenvalue weighted by molar-refractivity contribution is 7.07. The number of nitrogens with two attached hydrogens (primary N) is 1. The predicted molar refractivity (Wildman–Crippen MR) is 75.6 cm³/mol. The van der Waals surface area contributed by atoms with Crippen molar-refractivity contribution in [3.05, 3.63) is 47.0 Å². The van der Waals surface area contributed by atoms with E-state index in [1.807, 2.05) is 35.2 Å². The molecule has 18 heavy (non-hydrogen) atoms. The molecule has 0 amide bonds. The maximum Gasteiger partial charge on any atom is 0.0795 e. The van der Waals surface area contributed by atoms with Gasteiger partial charge in [-0.2, -0.15) is 0 Å². The summed E-state index contributed by atoms with van der Waals surface area (Å²) in [6, 6.07) is 7.72. The van der Waals surface area contributed by atoms with Crippen LogP contribution in [0.2, 0.25) is 0 Å². The van der Waals surface area contributed by atoms with Crippen molar-refractivity contribution < 1.29 is 0 Å². The summed E-state index contributed by atoms with van der Waals surface area (Å²) in [5, 5.41) is 6.48. The summed E-state index contributed by atoms with van der Waals surface area (Å²) in [5.74, 6) is 0. The number of nitrogen functional groups attached to an aromatic ring is 1. The summed E-state index contributed by atoms with van der Waals surface area (Å²) >= 11 is 1.60. The Bertz CT molecular complexity index is 664. The molecule has 0 aliphatic carbocycles. The second-order valence-corrected chi connectivity index (χ2v) is 4.69. The normalized spacial score (nSPS) is 10.7. The molecule has 0 fully saturated rings. The Morgan fingerprint density at radius 3 is 3.00 bits per heavy atom. The fourth-order valence-electron chi connectivity index (χ4n) is 1.83. The van der Waals surface area contributed by atoms with Crippen molar-refractivity contribution >= 4 is 33.6 Å². The average molecular weight is 256 g/mol. The van der Waals surface area contributed by atoms with E-state index in [-0.39, 0.29) is 0 Å². The SMILES string of the molecule is Nc1ccc2c(NCc3cscn3)ccnc2c1. The van der Waals surface area contributed by atoms with Gasteiger partial charge in [0.15, 0.2) is 0 Å². The zero-order valence-corrected chi connectivity index (χ0v) is 10.4. The van der Waals surface area contributed by atoms with Gasteiger partial charge in [0, 0.05) is 28.3 Å². The van der Waals surface area contributed by atoms with E-state index in [9.17, 15) is 0 Å². The van der Waals surface area contributed by atoms with Gasteiger partial charge in [0.2, 0.25) is 0 Å². The third-order valence-electron chi connectivity index (χ3n) is 2.71. The van der Waals surface area contributed by atoms with Gasteiger partial charge in [-0.3, -0.25) is 4.98 Å². The number of benzene rings is 1. The standard InChI is InChI=1S/C13H12N4S/c14-9-1-2-11-12(3-4-15-13(11)5-9)16-6-10-7-18-8-17-10/h1-5,7-8H,6,14H2,(H,15,16). The first kappa shape index (κ1) is 11.0. The Kier molecular flexibility index (Phi) is 2.82. The molecule has 3 aromatic rings. The van der Waals surface area contributed by atoms with Crippen molar-refractivity contribution in [2.24, 2.45) is 0 Å².